The largest absolute Gasteiger partial charge is 0.493 e. The standard InChI is InChI=1S/C23H20BrN3O6/c1-32-20-12-16(13-25-26-23(29)21(28)17-5-3-2-4-6-17)11-19(24)22(20)33-14-15-7-9-18(10-8-15)27(30)31/h2-13,21,28H,14H2,1H3,(H,26,29)/b25-13-/t21-/m0/s1. The van der Waals surface area contributed by atoms with Crippen LogP contribution in [0.4, 0.5) is 5.69 Å². The summed E-state index contributed by atoms with van der Waals surface area (Å²) >= 11 is 3.43. The number of methoxy groups -OCH3 is 1. The molecule has 0 aliphatic rings. The van der Waals surface area contributed by atoms with Crippen molar-refractivity contribution in [2.75, 3.05) is 7.11 Å². The van der Waals surface area contributed by atoms with Gasteiger partial charge < -0.3 is 14.6 Å². The zero-order valence-electron chi connectivity index (χ0n) is 17.5. The maximum atomic E-state index is 12.1. The van der Waals surface area contributed by atoms with Gasteiger partial charge in [-0.2, -0.15) is 5.10 Å². The summed E-state index contributed by atoms with van der Waals surface area (Å²) in [5.74, 6) is 0.200. The van der Waals surface area contributed by atoms with Gasteiger partial charge in [0.2, 0.25) is 0 Å². The highest BCUT2D eigenvalue weighted by atomic mass is 79.9. The third kappa shape index (κ3) is 6.37. The van der Waals surface area contributed by atoms with E-state index in [0.717, 1.165) is 5.56 Å². The Labute approximate surface area is 197 Å². The molecule has 0 bridgehead atoms. The maximum Gasteiger partial charge on any atom is 0.273 e. The second-order valence-corrected chi connectivity index (χ2v) is 7.65. The number of rotatable bonds is 9. The number of carbonyl (C=O) groups excluding carboxylic acids is 1. The van der Waals surface area contributed by atoms with Gasteiger partial charge in [0.15, 0.2) is 17.6 Å². The van der Waals surface area contributed by atoms with Crippen LogP contribution in [0.1, 0.15) is 22.8 Å². The molecule has 9 nitrogen and oxygen atoms in total. The number of hydrogen-bond acceptors (Lipinski definition) is 7. The number of amides is 1. The molecule has 0 aliphatic heterocycles. The molecule has 3 rings (SSSR count). The number of benzene rings is 3. The van der Waals surface area contributed by atoms with Crippen LogP contribution in [0.2, 0.25) is 0 Å². The molecule has 1 amide bonds. The van der Waals surface area contributed by atoms with E-state index in [1.165, 1.54) is 25.5 Å². The molecular weight excluding hydrogens is 494 g/mol. The number of nitrogens with zero attached hydrogens (tertiary/aromatic N) is 2. The summed E-state index contributed by atoms with van der Waals surface area (Å²) in [7, 11) is 1.49. The van der Waals surface area contributed by atoms with E-state index in [2.05, 4.69) is 26.5 Å². The van der Waals surface area contributed by atoms with E-state index in [1.807, 2.05) is 0 Å². The van der Waals surface area contributed by atoms with Crippen molar-refractivity contribution < 1.29 is 24.3 Å². The monoisotopic (exact) mass is 513 g/mol. The minimum atomic E-state index is -1.33. The first kappa shape index (κ1) is 23.9. The third-order valence-electron chi connectivity index (χ3n) is 4.53. The number of nitro benzene ring substituents is 1. The Bertz CT molecular complexity index is 1150. The van der Waals surface area contributed by atoms with E-state index in [4.69, 9.17) is 9.47 Å². The normalized spacial score (nSPS) is 11.7. The molecule has 0 radical (unpaired) electrons. The Morgan fingerprint density at radius 2 is 1.91 bits per heavy atom. The van der Waals surface area contributed by atoms with Gasteiger partial charge in [-0.3, -0.25) is 14.9 Å². The molecule has 0 fully saturated rings. The van der Waals surface area contributed by atoms with E-state index < -0.39 is 16.9 Å². The fourth-order valence-electron chi connectivity index (χ4n) is 2.84. The smallest absolute Gasteiger partial charge is 0.273 e. The lowest BCUT2D eigenvalue weighted by Crippen LogP contribution is -2.25. The first-order valence-electron chi connectivity index (χ1n) is 9.68. The third-order valence-corrected chi connectivity index (χ3v) is 5.12. The van der Waals surface area contributed by atoms with Gasteiger partial charge in [-0.1, -0.05) is 30.3 Å². The van der Waals surface area contributed by atoms with Crippen LogP contribution in [0.3, 0.4) is 0 Å². The molecule has 0 spiro atoms. The van der Waals surface area contributed by atoms with Crippen molar-refractivity contribution in [2.45, 2.75) is 12.7 Å². The number of aliphatic hydroxyl groups is 1. The lowest BCUT2D eigenvalue weighted by Gasteiger charge is -2.13. The summed E-state index contributed by atoms with van der Waals surface area (Å²) in [6.07, 6.45) is 0.0723. The van der Waals surface area contributed by atoms with Crippen molar-refractivity contribution >= 4 is 33.7 Å². The van der Waals surface area contributed by atoms with Crippen LogP contribution in [0.5, 0.6) is 11.5 Å². The van der Waals surface area contributed by atoms with Crippen LogP contribution in [0, 0.1) is 10.1 Å². The Balaban J connectivity index is 1.65. The van der Waals surface area contributed by atoms with Crippen molar-refractivity contribution in [3.8, 4) is 11.5 Å². The number of carbonyl (C=O) groups is 1. The van der Waals surface area contributed by atoms with Crippen molar-refractivity contribution in [3.63, 3.8) is 0 Å². The summed E-state index contributed by atoms with van der Waals surface area (Å²) < 4.78 is 11.8. The Morgan fingerprint density at radius 1 is 1.21 bits per heavy atom. The first-order valence-corrected chi connectivity index (χ1v) is 10.5. The molecule has 170 valence electrons. The van der Waals surface area contributed by atoms with Gasteiger partial charge in [0.05, 0.1) is 22.7 Å². The van der Waals surface area contributed by atoms with Crippen molar-refractivity contribution in [2.24, 2.45) is 5.10 Å². The molecule has 0 aromatic heterocycles. The summed E-state index contributed by atoms with van der Waals surface area (Å²) in [4.78, 5) is 22.4. The molecule has 0 aliphatic carbocycles. The van der Waals surface area contributed by atoms with E-state index in [0.29, 0.717) is 27.1 Å². The van der Waals surface area contributed by atoms with E-state index in [9.17, 15) is 20.0 Å². The number of nitrogens with one attached hydrogen (secondary N) is 1. The molecule has 0 unspecified atom stereocenters. The quantitative estimate of drug-likeness (QED) is 0.252. The minimum Gasteiger partial charge on any atom is -0.493 e. The van der Waals surface area contributed by atoms with Crippen molar-refractivity contribution in [3.05, 3.63) is 98.0 Å². The number of nitro groups is 1. The van der Waals surface area contributed by atoms with Gasteiger partial charge in [0, 0.05) is 12.1 Å². The molecular formula is C23H20BrN3O6. The molecule has 2 N–H and O–H groups in total. The number of ether oxygens (including phenoxy) is 2. The number of hydrogen-bond donors (Lipinski definition) is 2. The van der Waals surface area contributed by atoms with Crippen LogP contribution in [-0.4, -0.2) is 29.3 Å². The Kier molecular flexibility index (Phi) is 8.11. The second kappa shape index (κ2) is 11.2. The lowest BCUT2D eigenvalue weighted by atomic mass is 10.1. The van der Waals surface area contributed by atoms with Gasteiger partial charge in [-0.15, -0.1) is 0 Å². The van der Waals surface area contributed by atoms with Crippen LogP contribution in [-0.2, 0) is 11.4 Å². The molecule has 10 heteroatoms. The zero-order valence-corrected chi connectivity index (χ0v) is 19.1. The Hall–Kier alpha value is -3.76. The number of non-ortho nitro benzene ring substituents is 1. The SMILES string of the molecule is COc1cc(/C=N\NC(=O)[C@@H](O)c2ccccc2)cc(Br)c1OCc1ccc([N+](=O)[O-])cc1. The van der Waals surface area contributed by atoms with Gasteiger partial charge in [0.1, 0.15) is 6.61 Å². The molecule has 0 saturated carbocycles. The highest BCUT2D eigenvalue weighted by Gasteiger charge is 2.16. The van der Waals surface area contributed by atoms with E-state index >= 15 is 0 Å². The first-order chi connectivity index (χ1) is 15.9. The fraction of sp³-hybridized carbons (Fsp3) is 0.130. The van der Waals surface area contributed by atoms with E-state index in [1.54, 1.807) is 54.6 Å². The van der Waals surface area contributed by atoms with Crippen LogP contribution in [0.15, 0.2) is 76.3 Å². The predicted octanol–water partition coefficient (Wildman–Crippen LogP) is 4.13. The highest BCUT2D eigenvalue weighted by molar-refractivity contribution is 9.10. The van der Waals surface area contributed by atoms with Gasteiger partial charge in [-0.25, -0.2) is 5.43 Å². The highest BCUT2D eigenvalue weighted by Crippen LogP contribution is 2.37. The minimum absolute atomic E-state index is 0.00419. The van der Waals surface area contributed by atoms with Crippen molar-refractivity contribution in [1.82, 2.24) is 5.43 Å². The van der Waals surface area contributed by atoms with Gasteiger partial charge in [-0.05, 0) is 56.9 Å². The Morgan fingerprint density at radius 3 is 2.55 bits per heavy atom. The zero-order chi connectivity index (χ0) is 23.8. The average molecular weight is 514 g/mol. The molecule has 3 aromatic rings. The summed E-state index contributed by atoms with van der Waals surface area (Å²) in [5.41, 5.74) is 4.13. The molecule has 0 heterocycles. The van der Waals surface area contributed by atoms with E-state index in [-0.39, 0.29) is 12.3 Å². The molecule has 3 aromatic carbocycles. The number of hydrazone groups is 1. The maximum absolute atomic E-state index is 12.1. The van der Waals surface area contributed by atoms with Crippen LogP contribution < -0.4 is 14.9 Å². The van der Waals surface area contributed by atoms with Gasteiger partial charge >= 0.3 is 0 Å². The average Bonchev–Trinajstić information content (AvgIpc) is 2.83. The topological polar surface area (TPSA) is 123 Å². The second-order valence-electron chi connectivity index (χ2n) is 6.79. The molecule has 33 heavy (non-hydrogen) atoms. The number of halogens is 1. The lowest BCUT2D eigenvalue weighted by molar-refractivity contribution is -0.384. The van der Waals surface area contributed by atoms with Gasteiger partial charge in [0.25, 0.3) is 11.6 Å². The fourth-order valence-corrected chi connectivity index (χ4v) is 3.42. The van der Waals surface area contributed by atoms with Crippen LogP contribution >= 0.6 is 15.9 Å². The molecule has 0 saturated heterocycles. The molecule has 1 atom stereocenters. The predicted molar refractivity (Wildman–Crippen MR) is 125 cm³/mol. The van der Waals surface area contributed by atoms with Crippen LogP contribution in [0.25, 0.3) is 0 Å². The summed E-state index contributed by atoms with van der Waals surface area (Å²) in [5, 5.41) is 24.7. The summed E-state index contributed by atoms with van der Waals surface area (Å²) in [6.45, 7) is 0.174. The van der Waals surface area contributed by atoms with Crippen molar-refractivity contribution in [1.29, 1.82) is 0 Å². The number of aliphatic hydroxyl groups excluding tert-OH is 1. The summed E-state index contributed by atoms with van der Waals surface area (Å²) in [6, 6.07) is 18.0.